The maximum atomic E-state index is 12.6. The molecular weight excluding hydrogens is 287 g/mol. The van der Waals surface area contributed by atoms with Crippen LogP contribution in [0.4, 0.5) is 5.69 Å². The van der Waals surface area contributed by atoms with Gasteiger partial charge < -0.3 is 5.43 Å². The molecule has 0 aliphatic carbocycles. The van der Waals surface area contributed by atoms with Crippen molar-refractivity contribution in [2.24, 2.45) is 0 Å². The fourth-order valence-corrected chi connectivity index (χ4v) is 3.54. The van der Waals surface area contributed by atoms with Crippen LogP contribution in [-0.2, 0) is 20.0 Å². The van der Waals surface area contributed by atoms with Crippen molar-refractivity contribution in [3.63, 3.8) is 0 Å². The Morgan fingerprint density at radius 1 is 1.26 bits per heavy atom. The molecule has 1 aromatic carbocycles. The van der Waals surface area contributed by atoms with Gasteiger partial charge in [0.1, 0.15) is 0 Å². The maximum absolute atomic E-state index is 12.6. The highest BCUT2D eigenvalue weighted by molar-refractivity contribution is 7.51. The lowest BCUT2D eigenvalue weighted by atomic mass is 10.1. The first-order valence-corrected chi connectivity index (χ1v) is 7.71. The molecule has 0 amide bonds. The summed E-state index contributed by atoms with van der Waals surface area (Å²) in [6.45, 7) is 4.94. The van der Waals surface area contributed by atoms with Crippen molar-refractivity contribution >= 4 is 25.8 Å². The summed E-state index contributed by atoms with van der Waals surface area (Å²) in [6.07, 6.45) is 0.827. The molecule has 0 bridgehead atoms. The first-order valence-electron chi connectivity index (χ1n) is 6.21. The minimum atomic E-state index is -3.23. The molecule has 0 radical (unpaired) electrons. The predicted octanol–water partition coefficient (Wildman–Crippen LogP) is 3.47. The molecule has 1 aliphatic rings. The minimum Gasteiger partial charge on any atom is -0.309 e. The third-order valence-electron chi connectivity index (χ3n) is 2.74. The summed E-state index contributed by atoms with van der Waals surface area (Å²) in [7, 11) is -3.23. The van der Waals surface area contributed by atoms with Crippen molar-refractivity contribution in [1.82, 2.24) is 4.78 Å². The standard InChI is InChI=1S/C12H19N2O3P.ClH/c1-3-16-18(15,17-4-2)14-10-9-11-7-5-6-8-12(11)13-14;/h5-8,13H,3-4,9-10H2,1-2H3;1H. The largest absolute Gasteiger partial charge is 0.425 e. The molecule has 108 valence electrons. The van der Waals surface area contributed by atoms with E-state index < -0.39 is 7.75 Å². The van der Waals surface area contributed by atoms with E-state index in [1.165, 1.54) is 5.56 Å². The van der Waals surface area contributed by atoms with Crippen LogP contribution in [-0.4, -0.2) is 24.5 Å². The smallest absolute Gasteiger partial charge is 0.309 e. The van der Waals surface area contributed by atoms with E-state index in [9.17, 15) is 4.57 Å². The fraction of sp³-hybridized carbons (Fsp3) is 0.500. The van der Waals surface area contributed by atoms with Gasteiger partial charge in [0.2, 0.25) is 0 Å². The number of fused-ring (bicyclic) bond motifs is 1. The first kappa shape index (κ1) is 16.5. The van der Waals surface area contributed by atoms with E-state index in [1.54, 1.807) is 4.78 Å². The molecule has 1 aliphatic heterocycles. The van der Waals surface area contributed by atoms with Crippen LogP contribution in [0.15, 0.2) is 24.3 Å². The second-order valence-electron chi connectivity index (χ2n) is 3.95. The zero-order chi connectivity index (χ0) is 13.0. The highest BCUT2D eigenvalue weighted by Crippen LogP contribution is 2.52. The lowest BCUT2D eigenvalue weighted by Crippen LogP contribution is -2.34. The van der Waals surface area contributed by atoms with Crippen LogP contribution in [0.1, 0.15) is 19.4 Å². The molecule has 0 saturated carbocycles. The highest BCUT2D eigenvalue weighted by atomic mass is 35.5. The maximum Gasteiger partial charge on any atom is 0.425 e. The molecule has 1 aromatic rings. The number of rotatable bonds is 5. The van der Waals surface area contributed by atoms with E-state index in [2.05, 4.69) is 11.5 Å². The van der Waals surface area contributed by atoms with Crippen molar-refractivity contribution in [3.05, 3.63) is 29.8 Å². The van der Waals surface area contributed by atoms with E-state index in [4.69, 9.17) is 9.05 Å². The molecule has 19 heavy (non-hydrogen) atoms. The van der Waals surface area contributed by atoms with E-state index in [0.717, 1.165) is 12.1 Å². The van der Waals surface area contributed by atoms with Gasteiger partial charge in [-0.3, -0.25) is 9.05 Å². The molecule has 1 N–H and O–H groups in total. The monoisotopic (exact) mass is 306 g/mol. The van der Waals surface area contributed by atoms with E-state index in [0.29, 0.717) is 19.8 Å². The van der Waals surface area contributed by atoms with E-state index in [1.807, 2.05) is 32.0 Å². The Morgan fingerprint density at radius 2 is 1.89 bits per heavy atom. The third-order valence-corrected chi connectivity index (χ3v) is 4.80. The first-order chi connectivity index (χ1) is 8.69. The number of nitrogens with one attached hydrogen (secondary N) is 1. The third kappa shape index (κ3) is 3.71. The Kier molecular flexibility index (Phi) is 6.30. The van der Waals surface area contributed by atoms with Gasteiger partial charge in [-0.2, -0.15) is 0 Å². The average molecular weight is 307 g/mol. The average Bonchev–Trinajstić information content (AvgIpc) is 2.39. The van der Waals surface area contributed by atoms with Gasteiger partial charge in [0, 0.05) is 6.54 Å². The second-order valence-corrected chi connectivity index (χ2v) is 5.88. The molecule has 0 spiro atoms. The van der Waals surface area contributed by atoms with Gasteiger partial charge >= 0.3 is 7.75 Å². The van der Waals surface area contributed by atoms with Crippen molar-refractivity contribution in [2.45, 2.75) is 20.3 Å². The van der Waals surface area contributed by atoms with Gasteiger partial charge in [0.25, 0.3) is 0 Å². The molecule has 0 aromatic heterocycles. The molecule has 0 atom stereocenters. The Labute approximate surface area is 120 Å². The summed E-state index contributed by atoms with van der Waals surface area (Å²) in [5.74, 6) is 0. The zero-order valence-corrected chi connectivity index (χ0v) is 12.9. The summed E-state index contributed by atoms with van der Waals surface area (Å²) in [5, 5.41) is 0. The van der Waals surface area contributed by atoms with Crippen LogP contribution < -0.4 is 5.43 Å². The highest BCUT2D eigenvalue weighted by Gasteiger charge is 2.35. The number of benzene rings is 1. The molecule has 7 heteroatoms. The SMILES string of the molecule is CCOP(=O)(OCC)N1CCc2ccccc2N1.Cl. The number of nitrogens with zero attached hydrogens (tertiary/aromatic N) is 1. The molecule has 0 saturated heterocycles. The second kappa shape index (κ2) is 7.27. The van der Waals surface area contributed by atoms with E-state index >= 15 is 0 Å². The lowest BCUT2D eigenvalue weighted by molar-refractivity contribution is 0.175. The molecule has 5 nitrogen and oxygen atoms in total. The zero-order valence-electron chi connectivity index (χ0n) is 11.2. The fourth-order valence-electron chi connectivity index (χ4n) is 1.96. The number of hydrogen-bond acceptors (Lipinski definition) is 4. The number of anilines is 1. The topological polar surface area (TPSA) is 50.8 Å². The van der Waals surface area contributed by atoms with Gasteiger partial charge in [0.05, 0.1) is 18.9 Å². The molecule has 0 unspecified atom stereocenters. The van der Waals surface area contributed by atoms with Gasteiger partial charge in [-0.1, -0.05) is 18.2 Å². The Balaban J connectivity index is 0.00000180. The summed E-state index contributed by atoms with van der Waals surface area (Å²) < 4.78 is 24.8. The molecule has 0 fully saturated rings. The summed E-state index contributed by atoms with van der Waals surface area (Å²) in [5.41, 5.74) is 5.30. The van der Waals surface area contributed by atoms with Crippen LogP contribution in [0.2, 0.25) is 0 Å². The van der Waals surface area contributed by atoms with Crippen molar-refractivity contribution in [3.8, 4) is 0 Å². The summed E-state index contributed by atoms with van der Waals surface area (Å²) in [4.78, 5) is 0. The van der Waals surface area contributed by atoms with Crippen LogP contribution in [0.3, 0.4) is 0 Å². The van der Waals surface area contributed by atoms with Crippen LogP contribution in [0.5, 0.6) is 0 Å². The summed E-state index contributed by atoms with van der Waals surface area (Å²) >= 11 is 0. The minimum absolute atomic E-state index is 0. The molecule has 1 heterocycles. The number of hydrazine groups is 1. The lowest BCUT2D eigenvalue weighted by Gasteiger charge is -2.34. The molecule has 2 rings (SSSR count). The van der Waals surface area contributed by atoms with Crippen LogP contribution >= 0.6 is 20.2 Å². The number of para-hydroxylation sites is 1. The Morgan fingerprint density at radius 3 is 2.53 bits per heavy atom. The Bertz CT molecular complexity index is 448. The van der Waals surface area contributed by atoms with Gasteiger partial charge in [-0.25, -0.2) is 4.57 Å². The van der Waals surface area contributed by atoms with Crippen LogP contribution in [0.25, 0.3) is 0 Å². The van der Waals surface area contributed by atoms with Crippen molar-refractivity contribution in [1.29, 1.82) is 0 Å². The predicted molar refractivity (Wildman–Crippen MR) is 78.6 cm³/mol. The number of hydrogen-bond donors (Lipinski definition) is 1. The van der Waals surface area contributed by atoms with Crippen molar-refractivity contribution in [2.75, 3.05) is 25.2 Å². The number of halogens is 1. The normalized spacial score (nSPS) is 15.3. The van der Waals surface area contributed by atoms with Gasteiger partial charge in [-0.05, 0) is 31.9 Å². The van der Waals surface area contributed by atoms with Crippen molar-refractivity contribution < 1.29 is 13.6 Å². The van der Waals surface area contributed by atoms with Crippen LogP contribution in [0, 0.1) is 0 Å². The van der Waals surface area contributed by atoms with E-state index in [-0.39, 0.29) is 12.4 Å². The quantitative estimate of drug-likeness (QED) is 0.844. The summed E-state index contributed by atoms with van der Waals surface area (Å²) in [6, 6.07) is 7.97. The van der Waals surface area contributed by atoms with Gasteiger partial charge in [-0.15, -0.1) is 17.2 Å². The molecular formula is C12H20ClN2O3P. The van der Waals surface area contributed by atoms with Gasteiger partial charge in [0.15, 0.2) is 0 Å². The Hall–Kier alpha value is -0.580.